The van der Waals surface area contributed by atoms with Gasteiger partial charge >= 0.3 is 0 Å². The topological polar surface area (TPSA) is 54.2 Å². The fourth-order valence-corrected chi connectivity index (χ4v) is 2.91. The maximum absolute atomic E-state index is 8.43. The minimum absolute atomic E-state index is 0.377. The van der Waals surface area contributed by atoms with Gasteiger partial charge in [-0.2, -0.15) is 0 Å². The van der Waals surface area contributed by atoms with Crippen LogP contribution in [0, 0.1) is 10.8 Å². The quantitative estimate of drug-likeness (QED) is 0.915. The van der Waals surface area contributed by atoms with Crippen LogP contribution in [0.1, 0.15) is 11.1 Å². The van der Waals surface area contributed by atoms with E-state index in [2.05, 4.69) is 4.90 Å². The smallest absolute Gasteiger partial charge is 0.134 e. The van der Waals surface area contributed by atoms with Crippen LogP contribution in [0.5, 0.6) is 0 Å². The molecule has 4 nitrogen and oxygen atoms in total. The Hall–Kier alpha value is -1.91. The van der Waals surface area contributed by atoms with E-state index in [-0.39, 0.29) is 0 Å². The molecule has 0 saturated carbocycles. The predicted octanol–water partition coefficient (Wildman–Crippen LogP) is 3.02. The highest BCUT2D eigenvalue weighted by Gasteiger charge is 2.27. The zero-order chi connectivity index (χ0) is 15.1. The Balaban J connectivity index is 2.15. The molecule has 0 aromatic heterocycles. The van der Waals surface area contributed by atoms with Crippen molar-refractivity contribution >= 4 is 34.0 Å². The Morgan fingerprint density at radius 2 is 1.71 bits per heavy atom. The highest BCUT2D eigenvalue weighted by molar-refractivity contribution is 6.38. The molecule has 0 aliphatic carbocycles. The van der Waals surface area contributed by atoms with Crippen LogP contribution in [0.3, 0.4) is 0 Å². The third-order valence-electron chi connectivity index (χ3n) is 3.81. The van der Waals surface area contributed by atoms with Gasteiger partial charge < -0.3 is 9.80 Å². The maximum Gasteiger partial charge on any atom is 0.134 e. The number of rotatable bonds is 3. The summed E-state index contributed by atoms with van der Waals surface area (Å²) in [7, 11) is 3.98. The number of hydrogen-bond donors (Lipinski definition) is 2. The zero-order valence-electron chi connectivity index (χ0n) is 12.1. The largest absolute Gasteiger partial charge is 0.310 e. The Morgan fingerprint density at radius 1 is 1.05 bits per heavy atom. The van der Waals surface area contributed by atoms with Crippen LogP contribution in [0.4, 0.5) is 0 Å². The van der Waals surface area contributed by atoms with Gasteiger partial charge in [0.15, 0.2) is 0 Å². The molecule has 0 unspecified atom stereocenters. The molecule has 5 heteroatoms. The van der Waals surface area contributed by atoms with Gasteiger partial charge in [0.1, 0.15) is 11.7 Å². The summed E-state index contributed by atoms with van der Waals surface area (Å²) in [6.07, 6.45) is 0. The van der Waals surface area contributed by atoms with Crippen LogP contribution in [0.25, 0.3) is 10.8 Å². The van der Waals surface area contributed by atoms with Crippen molar-refractivity contribution in [2.24, 2.45) is 0 Å². The lowest BCUT2D eigenvalue weighted by Crippen LogP contribution is -2.43. The minimum Gasteiger partial charge on any atom is -0.310 e. The van der Waals surface area contributed by atoms with Gasteiger partial charge in [-0.3, -0.25) is 10.8 Å². The molecule has 2 N–H and O–H groups in total. The molecule has 108 valence electrons. The predicted molar refractivity (Wildman–Crippen MR) is 87.9 cm³/mol. The van der Waals surface area contributed by atoms with Gasteiger partial charge in [-0.25, -0.2) is 0 Å². The molecular formula is C16H17ClN4. The average molecular weight is 301 g/mol. The molecular weight excluding hydrogens is 284 g/mol. The number of likely N-dealkylation sites (N-methyl/N-ethyl adjacent to an activating group) is 1. The first kappa shape index (κ1) is 14.0. The lowest BCUT2D eigenvalue weighted by atomic mass is 9.93. The van der Waals surface area contributed by atoms with Gasteiger partial charge in [-0.1, -0.05) is 29.8 Å². The van der Waals surface area contributed by atoms with Gasteiger partial charge in [0.2, 0.25) is 0 Å². The molecule has 0 saturated heterocycles. The molecule has 2 aromatic carbocycles. The van der Waals surface area contributed by atoms with E-state index in [4.69, 9.17) is 22.4 Å². The molecule has 1 aliphatic rings. The summed E-state index contributed by atoms with van der Waals surface area (Å²) in [5, 5.41) is 19.4. The van der Waals surface area contributed by atoms with E-state index in [1.54, 1.807) is 4.90 Å². The second kappa shape index (κ2) is 5.13. The summed E-state index contributed by atoms with van der Waals surface area (Å²) in [5.74, 6) is 0.754. The molecule has 2 aromatic rings. The Morgan fingerprint density at radius 3 is 2.38 bits per heavy atom. The molecule has 0 fully saturated rings. The van der Waals surface area contributed by atoms with Crippen LogP contribution in [0.15, 0.2) is 30.3 Å². The lowest BCUT2D eigenvalue weighted by Gasteiger charge is -2.32. The normalized spacial score (nSPS) is 14.4. The fraction of sp³-hybridized carbons (Fsp3) is 0.250. The van der Waals surface area contributed by atoms with Crippen molar-refractivity contribution in [3.8, 4) is 0 Å². The van der Waals surface area contributed by atoms with Crippen molar-refractivity contribution in [1.82, 2.24) is 9.80 Å². The van der Waals surface area contributed by atoms with Crippen molar-refractivity contribution in [2.75, 3.05) is 27.2 Å². The number of nitrogens with one attached hydrogen (secondary N) is 2. The first-order valence-electron chi connectivity index (χ1n) is 6.82. The molecule has 0 bridgehead atoms. The molecule has 0 atom stereocenters. The van der Waals surface area contributed by atoms with Gasteiger partial charge in [-0.15, -0.1) is 0 Å². The third kappa shape index (κ3) is 2.20. The zero-order valence-corrected chi connectivity index (χ0v) is 12.8. The standard InChI is InChI=1S/C16H17ClN4/c1-20(2)8-9-21-15(18)11-5-3-4-10-13(17)7-6-12(14(10)11)16(21)19/h3-7,18-19H,8-9H2,1-2H3. The van der Waals surface area contributed by atoms with Crippen molar-refractivity contribution in [3.05, 3.63) is 46.5 Å². The van der Waals surface area contributed by atoms with Crippen molar-refractivity contribution in [1.29, 1.82) is 10.8 Å². The van der Waals surface area contributed by atoms with Crippen molar-refractivity contribution < 1.29 is 0 Å². The van der Waals surface area contributed by atoms with E-state index < -0.39 is 0 Å². The molecule has 1 aliphatic heterocycles. The van der Waals surface area contributed by atoms with Crippen LogP contribution in [0.2, 0.25) is 5.02 Å². The molecule has 1 heterocycles. The van der Waals surface area contributed by atoms with E-state index >= 15 is 0 Å². The second-order valence-corrected chi connectivity index (χ2v) is 5.88. The molecule has 21 heavy (non-hydrogen) atoms. The van der Waals surface area contributed by atoms with E-state index in [9.17, 15) is 0 Å². The van der Waals surface area contributed by atoms with Crippen molar-refractivity contribution in [2.45, 2.75) is 0 Å². The number of amidine groups is 2. The highest BCUT2D eigenvalue weighted by Crippen LogP contribution is 2.33. The minimum atomic E-state index is 0.377. The highest BCUT2D eigenvalue weighted by atomic mass is 35.5. The van der Waals surface area contributed by atoms with E-state index in [1.807, 2.05) is 44.4 Å². The molecule has 0 amide bonds. The molecule has 3 rings (SSSR count). The number of benzene rings is 2. The maximum atomic E-state index is 8.43. The van der Waals surface area contributed by atoms with E-state index in [1.165, 1.54) is 0 Å². The number of nitrogens with zero attached hydrogens (tertiary/aromatic N) is 2. The van der Waals surface area contributed by atoms with Crippen LogP contribution in [-0.2, 0) is 0 Å². The number of hydrogen-bond acceptors (Lipinski definition) is 3. The third-order valence-corrected chi connectivity index (χ3v) is 4.14. The summed E-state index contributed by atoms with van der Waals surface area (Å²) in [6, 6.07) is 9.50. The van der Waals surface area contributed by atoms with Crippen LogP contribution in [-0.4, -0.2) is 48.7 Å². The lowest BCUT2D eigenvalue weighted by molar-refractivity contribution is 0.379. The second-order valence-electron chi connectivity index (χ2n) is 5.48. The van der Waals surface area contributed by atoms with Gasteiger partial charge in [0.25, 0.3) is 0 Å². The summed E-state index contributed by atoms with van der Waals surface area (Å²) in [6.45, 7) is 1.42. The summed E-state index contributed by atoms with van der Waals surface area (Å²) < 4.78 is 0. The Labute approximate surface area is 128 Å². The monoisotopic (exact) mass is 300 g/mol. The Bertz CT molecular complexity index is 729. The summed E-state index contributed by atoms with van der Waals surface area (Å²) in [5.41, 5.74) is 1.69. The molecule has 0 spiro atoms. The van der Waals surface area contributed by atoms with Gasteiger partial charge in [-0.05, 0) is 26.2 Å². The summed E-state index contributed by atoms with van der Waals surface area (Å²) >= 11 is 6.26. The molecule has 0 radical (unpaired) electrons. The SMILES string of the molecule is CN(C)CCN1C(=N)c2cccc3c(Cl)ccc(c23)C1=N. The fourth-order valence-electron chi connectivity index (χ4n) is 2.69. The number of halogens is 1. The Kier molecular flexibility index (Phi) is 3.43. The van der Waals surface area contributed by atoms with E-state index in [0.717, 1.165) is 28.4 Å². The van der Waals surface area contributed by atoms with Gasteiger partial charge in [0, 0.05) is 40.0 Å². The average Bonchev–Trinajstić information content (AvgIpc) is 2.45. The van der Waals surface area contributed by atoms with Gasteiger partial charge in [0.05, 0.1) is 0 Å². The first-order valence-corrected chi connectivity index (χ1v) is 7.20. The van der Waals surface area contributed by atoms with Crippen LogP contribution < -0.4 is 0 Å². The summed E-state index contributed by atoms with van der Waals surface area (Å²) in [4.78, 5) is 3.81. The van der Waals surface area contributed by atoms with E-state index in [0.29, 0.717) is 23.2 Å². The van der Waals surface area contributed by atoms with Crippen LogP contribution >= 0.6 is 11.6 Å². The van der Waals surface area contributed by atoms with Crippen molar-refractivity contribution in [3.63, 3.8) is 0 Å². The first-order chi connectivity index (χ1) is 10.0.